The lowest BCUT2D eigenvalue weighted by molar-refractivity contribution is -0.117. The number of para-hydroxylation sites is 1. The number of aromatic nitrogens is 4. The fraction of sp³-hybridized carbons (Fsp3) is 0.217. The van der Waals surface area contributed by atoms with Crippen LogP contribution in [0.15, 0.2) is 53.5 Å². The first kappa shape index (κ1) is 20.0. The van der Waals surface area contributed by atoms with E-state index < -0.39 is 29.6 Å². The molecule has 7 nitrogen and oxygen atoms in total. The maximum atomic E-state index is 13.9. The lowest BCUT2D eigenvalue weighted by Gasteiger charge is -2.11. The van der Waals surface area contributed by atoms with Gasteiger partial charge in [0.1, 0.15) is 23.7 Å². The quantitative estimate of drug-likeness (QED) is 0.519. The van der Waals surface area contributed by atoms with E-state index in [1.165, 1.54) is 0 Å². The first-order chi connectivity index (χ1) is 15.4. The van der Waals surface area contributed by atoms with Crippen LogP contribution in [0, 0.1) is 18.6 Å². The van der Waals surface area contributed by atoms with Crippen molar-refractivity contribution in [1.82, 2.24) is 19.6 Å². The summed E-state index contributed by atoms with van der Waals surface area (Å²) in [4.78, 5) is 25.9. The van der Waals surface area contributed by atoms with Gasteiger partial charge in [0.25, 0.3) is 5.56 Å². The van der Waals surface area contributed by atoms with E-state index in [1.54, 1.807) is 10.9 Å². The Kier molecular flexibility index (Phi) is 4.80. The minimum atomic E-state index is -0.898. The Morgan fingerprint density at radius 2 is 1.97 bits per heavy atom. The molecule has 0 aliphatic heterocycles. The third-order valence-electron chi connectivity index (χ3n) is 5.52. The standard InChI is InChI=1S/C23H19F2N5O2/c1-13-4-2-3-5-19(13)30-22-16(11-26-30)21(14-6-7-14)28-29(23(22)32)12-20(31)27-18-9-8-15(24)10-17(18)25/h2-5,8-11,14H,6-7,12H2,1H3,(H,27,31). The molecule has 9 heteroatoms. The summed E-state index contributed by atoms with van der Waals surface area (Å²) >= 11 is 0. The van der Waals surface area contributed by atoms with Crippen molar-refractivity contribution < 1.29 is 13.6 Å². The third kappa shape index (κ3) is 3.55. The third-order valence-corrected chi connectivity index (χ3v) is 5.52. The van der Waals surface area contributed by atoms with E-state index in [9.17, 15) is 18.4 Å². The van der Waals surface area contributed by atoms with Crippen molar-refractivity contribution in [1.29, 1.82) is 0 Å². The lowest BCUT2D eigenvalue weighted by atomic mass is 10.2. The highest BCUT2D eigenvalue weighted by atomic mass is 19.1. The molecule has 0 atom stereocenters. The van der Waals surface area contributed by atoms with E-state index in [0.29, 0.717) is 17.0 Å². The van der Waals surface area contributed by atoms with Crippen LogP contribution in [-0.4, -0.2) is 25.5 Å². The van der Waals surface area contributed by atoms with Crippen molar-refractivity contribution >= 4 is 22.5 Å². The zero-order valence-electron chi connectivity index (χ0n) is 17.2. The van der Waals surface area contributed by atoms with Gasteiger partial charge in [-0.1, -0.05) is 18.2 Å². The van der Waals surface area contributed by atoms with Gasteiger partial charge in [-0.25, -0.2) is 18.1 Å². The van der Waals surface area contributed by atoms with Crippen LogP contribution in [0.5, 0.6) is 0 Å². The second-order valence-electron chi connectivity index (χ2n) is 7.90. The molecule has 162 valence electrons. The van der Waals surface area contributed by atoms with Crippen LogP contribution >= 0.6 is 0 Å². The van der Waals surface area contributed by atoms with Crippen molar-refractivity contribution in [3.8, 4) is 5.69 Å². The van der Waals surface area contributed by atoms with Crippen molar-refractivity contribution in [2.24, 2.45) is 0 Å². The molecule has 1 saturated carbocycles. The van der Waals surface area contributed by atoms with Gasteiger partial charge in [-0.2, -0.15) is 10.2 Å². The summed E-state index contributed by atoms with van der Waals surface area (Å²) in [5.74, 6) is -2.09. The number of anilines is 1. The fourth-order valence-electron chi connectivity index (χ4n) is 3.76. The van der Waals surface area contributed by atoms with Gasteiger partial charge in [-0.05, 0) is 43.5 Å². The largest absolute Gasteiger partial charge is 0.322 e. The van der Waals surface area contributed by atoms with Crippen molar-refractivity contribution in [3.63, 3.8) is 0 Å². The van der Waals surface area contributed by atoms with Crippen LogP contribution < -0.4 is 10.9 Å². The van der Waals surface area contributed by atoms with Gasteiger partial charge < -0.3 is 5.32 Å². The smallest absolute Gasteiger partial charge is 0.293 e. The van der Waals surface area contributed by atoms with E-state index in [-0.39, 0.29) is 11.6 Å². The number of amides is 1. The number of halogens is 2. The van der Waals surface area contributed by atoms with Crippen LogP contribution in [0.2, 0.25) is 0 Å². The fourth-order valence-corrected chi connectivity index (χ4v) is 3.76. The number of aryl methyl sites for hydroxylation is 1. The Hall–Kier alpha value is -3.88. The van der Waals surface area contributed by atoms with Gasteiger partial charge >= 0.3 is 0 Å². The van der Waals surface area contributed by atoms with Crippen LogP contribution in [0.25, 0.3) is 16.6 Å². The van der Waals surface area contributed by atoms with Gasteiger partial charge in [0.2, 0.25) is 5.91 Å². The predicted molar refractivity (Wildman–Crippen MR) is 115 cm³/mol. The molecule has 1 amide bonds. The molecule has 1 aliphatic carbocycles. The minimum absolute atomic E-state index is 0.169. The summed E-state index contributed by atoms with van der Waals surface area (Å²) < 4.78 is 29.7. The van der Waals surface area contributed by atoms with Gasteiger partial charge in [-0.15, -0.1) is 0 Å². The van der Waals surface area contributed by atoms with Crippen LogP contribution in [0.4, 0.5) is 14.5 Å². The average molecular weight is 435 g/mol. The molecule has 1 fully saturated rings. The Morgan fingerprint density at radius 3 is 2.69 bits per heavy atom. The molecule has 2 aromatic carbocycles. The maximum Gasteiger partial charge on any atom is 0.293 e. The van der Waals surface area contributed by atoms with Crippen molar-refractivity contribution in [2.45, 2.75) is 32.2 Å². The monoisotopic (exact) mass is 435 g/mol. The molecule has 0 unspecified atom stereocenters. The molecule has 0 spiro atoms. The summed E-state index contributed by atoms with van der Waals surface area (Å²) in [6, 6.07) is 10.4. The molecule has 2 aromatic heterocycles. The van der Waals surface area contributed by atoms with Crippen LogP contribution in [0.3, 0.4) is 0 Å². The van der Waals surface area contributed by atoms with E-state index in [4.69, 9.17) is 0 Å². The number of hydrogen-bond donors (Lipinski definition) is 1. The highest BCUT2D eigenvalue weighted by Gasteiger charge is 2.30. The van der Waals surface area contributed by atoms with E-state index in [0.717, 1.165) is 46.6 Å². The molecule has 0 saturated heterocycles. The average Bonchev–Trinajstić information content (AvgIpc) is 3.51. The zero-order chi connectivity index (χ0) is 22.4. The molecule has 1 N–H and O–H groups in total. The molecule has 2 heterocycles. The van der Waals surface area contributed by atoms with Crippen molar-refractivity contribution in [3.05, 3.63) is 81.9 Å². The van der Waals surface area contributed by atoms with E-state index in [2.05, 4.69) is 15.5 Å². The molecular formula is C23H19F2N5O2. The second kappa shape index (κ2) is 7.67. The molecule has 4 aromatic rings. The summed E-state index contributed by atoms with van der Waals surface area (Å²) in [6.07, 6.45) is 3.54. The van der Waals surface area contributed by atoms with Crippen LogP contribution in [0.1, 0.15) is 30.0 Å². The zero-order valence-corrected chi connectivity index (χ0v) is 17.2. The normalized spacial score (nSPS) is 13.5. The molecule has 0 bridgehead atoms. The Balaban J connectivity index is 1.57. The van der Waals surface area contributed by atoms with E-state index >= 15 is 0 Å². The Bertz CT molecular complexity index is 1420. The second-order valence-corrected chi connectivity index (χ2v) is 7.90. The lowest BCUT2D eigenvalue weighted by Crippen LogP contribution is -2.31. The minimum Gasteiger partial charge on any atom is -0.322 e. The van der Waals surface area contributed by atoms with Gasteiger partial charge in [0.15, 0.2) is 0 Å². The molecular weight excluding hydrogens is 416 g/mol. The maximum absolute atomic E-state index is 13.9. The molecule has 32 heavy (non-hydrogen) atoms. The van der Waals surface area contributed by atoms with E-state index in [1.807, 2.05) is 31.2 Å². The number of nitrogens with one attached hydrogen (secondary N) is 1. The number of carbonyl (C=O) groups is 1. The summed E-state index contributed by atoms with van der Waals surface area (Å²) in [7, 11) is 0. The number of benzene rings is 2. The SMILES string of the molecule is Cc1ccccc1-n1ncc2c(C3CC3)nn(CC(=O)Nc3ccc(F)cc3F)c(=O)c21. The molecule has 5 rings (SSSR count). The molecule has 1 aliphatic rings. The highest BCUT2D eigenvalue weighted by molar-refractivity contribution is 5.91. The Labute approximate surface area is 181 Å². The predicted octanol–water partition coefficient (Wildman–Crippen LogP) is 3.68. The first-order valence-corrected chi connectivity index (χ1v) is 10.2. The topological polar surface area (TPSA) is 81.8 Å². The number of nitrogens with zero attached hydrogens (tertiary/aromatic N) is 4. The van der Waals surface area contributed by atoms with Gasteiger partial charge in [-0.3, -0.25) is 9.59 Å². The number of rotatable bonds is 5. The Morgan fingerprint density at radius 1 is 1.19 bits per heavy atom. The first-order valence-electron chi connectivity index (χ1n) is 10.2. The van der Waals surface area contributed by atoms with Crippen molar-refractivity contribution in [2.75, 3.05) is 5.32 Å². The number of hydrogen-bond acceptors (Lipinski definition) is 4. The summed E-state index contributed by atoms with van der Waals surface area (Å²) in [6.45, 7) is 1.51. The van der Waals surface area contributed by atoms with Crippen LogP contribution in [-0.2, 0) is 11.3 Å². The molecule has 0 radical (unpaired) electrons. The number of carbonyl (C=O) groups excluding carboxylic acids is 1. The van der Waals surface area contributed by atoms with Gasteiger partial charge in [0.05, 0.1) is 23.3 Å². The number of fused-ring (bicyclic) bond motifs is 1. The summed E-state index contributed by atoms with van der Waals surface area (Å²) in [5.41, 5.74) is 2.13. The highest BCUT2D eigenvalue weighted by Crippen LogP contribution is 2.41. The van der Waals surface area contributed by atoms with Gasteiger partial charge in [0, 0.05) is 17.4 Å². The summed E-state index contributed by atoms with van der Waals surface area (Å²) in [5, 5.41) is 11.9.